The maximum atomic E-state index is 12.4. The number of aromatic carboxylic acids is 1. The summed E-state index contributed by atoms with van der Waals surface area (Å²) < 4.78 is 31.9. The Bertz CT molecular complexity index is 1010. The summed E-state index contributed by atoms with van der Waals surface area (Å²) in [5.41, 5.74) is -0.0694. The van der Waals surface area contributed by atoms with E-state index in [4.69, 9.17) is 9.63 Å². The zero-order valence-electron chi connectivity index (χ0n) is 11.3. The molecule has 0 saturated carbocycles. The van der Waals surface area contributed by atoms with Gasteiger partial charge in [0.15, 0.2) is 11.1 Å². The standard InChI is InChI=1S/C13H9N3O6S/c17-9-6-7(4-5-8(9)13(18)19)15-23(20,21)11-3-1-2-10-12(11)14-16-22-10/h1-6,15,17H,(H,18,19). The van der Waals surface area contributed by atoms with Gasteiger partial charge in [-0.15, -0.1) is 5.10 Å². The first kappa shape index (κ1) is 14.8. The third-order valence-corrected chi connectivity index (χ3v) is 4.42. The highest BCUT2D eigenvalue weighted by Crippen LogP contribution is 2.26. The molecule has 2 aromatic carbocycles. The first-order valence-corrected chi connectivity index (χ1v) is 7.67. The third-order valence-electron chi connectivity index (χ3n) is 3.01. The lowest BCUT2D eigenvalue weighted by Gasteiger charge is -2.09. The lowest BCUT2D eigenvalue weighted by Crippen LogP contribution is -2.13. The van der Waals surface area contributed by atoms with Crippen LogP contribution in [0.2, 0.25) is 0 Å². The number of benzene rings is 2. The van der Waals surface area contributed by atoms with Crippen LogP contribution in [0, 0.1) is 0 Å². The number of rotatable bonds is 4. The van der Waals surface area contributed by atoms with Crippen LogP contribution in [-0.2, 0) is 10.0 Å². The Morgan fingerprint density at radius 3 is 2.70 bits per heavy atom. The van der Waals surface area contributed by atoms with Crippen molar-refractivity contribution in [2.24, 2.45) is 0 Å². The highest BCUT2D eigenvalue weighted by atomic mass is 32.2. The number of carbonyl (C=O) groups is 1. The van der Waals surface area contributed by atoms with Crippen molar-refractivity contribution in [1.82, 2.24) is 10.4 Å². The van der Waals surface area contributed by atoms with E-state index in [1.165, 1.54) is 24.3 Å². The van der Waals surface area contributed by atoms with Crippen LogP contribution in [0.5, 0.6) is 5.75 Å². The van der Waals surface area contributed by atoms with Gasteiger partial charge in [0.2, 0.25) is 0 Å². The van der Waals surface area contributed by atoms with Gasteiger partial charge >= 0.3 is 5.97 Å². The molecule has 0 fully saturated rings. The largest absolute Gasteiger partial charge is 0.507 e. The maximum Gasteiger partial charge on any atom is 0.339 e. The first-order chi connectivity index (χ1) is 10.9. The van der Waals surface area contributed by atoms with Crippen LogP contribution in [0.15, 0.2) is 45.8 Å². The summed E-state index contributed by atoms with van der Waals surface area (Å²) in [5.74, 6) is -1.88. The Morgan fingerprint density at radius 2 is 2.00 bits per heavy atom. The van der Waals surface area contributed by atoms with Crippen LogP contribution < -0.4 is 4.72 Å². The maximum absolute atomic E-state index is 12.4. The number of phenols is 1. The van der Waals surface area contributed by atoms with Crippen LogP contribution in [0.25, 0.3) is 11.1 Å². The summed E-state index contributed by atoms with van der Waals surface area (Å²) in [4.78, 5) is 10.7. The van der Waals surface area contributed by atoms with Crippen LogP contribution in [0.4, 0.5) is 5.69 Å². The lowest BCUT2D eigenvalue weighted by atomic mass is 10.2. The number of aromatic nitrogens is 2. The molecule has 0 saturated heterocycles. The van der Waals surface area contributed by atoms with Gasteiger partial charge in [0.25, 0.3) is 10.0 Å². The van der Waals surface area contributed by atoms with Crippen molar-refractivity contribution >= 4 is 32.8 Å². The smallest absolute Gasteiger partial charge is 0.339 e. The molecule has 0 spiro atoms. The third kappa shape index (κ3) is 2.66. The summed E-state index contributed by atoms with van der Waals surface area (Å²) in [5, 5.41) is 25.4. The van der Waals surface area contributed by atoms with Gasteiger partial charge in [0.1, 0.15) is 16.2 Å². The van der Waals surface area contributed by atoms with E-state index in [0.29, 0.717) is 0 Å². The molecule has 10 heteroatoms. The quantitative estimate of drug-likeness (QED) is 0.649. The number of hydrogen-bond acceptors (Lipinski definition) is 7. The molecule has 3 N–H and O–H groups in total. The minimum absolute atomic E-state index is 0.000886. The molecule has 0 aliphatic carbocycles. The normalized spacial score (nSPS) is 11.5. The van der Waals surface area contributed by atoms with E-state index in [0.717, 1.165) is 12.1 Å². The second-order valence-corrected chi connectivity index (χ2v) is 6.17. The van der Waals surface area contributed by atoms with Crippen LogP contribution in [0.3, 0.4) is 0 Å². The minimum atomic E-state index is -4.03. The molecule has 0 bridgehead atoms. The van der Waals surface area contributed by atoms with Crippen molar-refractivity contribution in [1.29, 1.82) is 0 Å². The molecule has 9 nitrogen and oxygen atoms in total. The summed E-state index contributed by atoms with van der Waals surface area (Å²) in [6, 6.07) is 7.62. The lowest BCUT2D eigenvalue weighted by molar-refractivity contribution is 0.0694. The van der Waals surface area contributed by atoms with Crippen LogP contribution >= 0.6 is 0 Å². The molecule has 3 aromatic rings. The molecule has 3 rings (SSSR count). The van der Waals surface area contributed by atoms with Gasteiger partial charge < -0.3 is 14.7 Å². The summed E-state index contributed by atoms with van der Waals surface area (Å²) in [6.45, 7) is 0. The number of anilines is 1. The molecule has 0 unspecified atom stereocenters. The van der Waals surface area contributed by atoms with Crippen molar-refractivity contribution in [3.63, 3.8) is 0 Å². The number of carboxylic acids is 1. The highest BCUT2D eigenvalue weighted by molar-refractivity contribution is 7.93. The van der Waals surface area contributed by atoms with Crippen molar-refractivity contribution < 1.29 is 27.9 Å². The number of nitrogens with zero attached hydrogens (tertiary/aromatic N) is 2. The van der Waals surface area contributed by atoms with Gasteiger partial charge in [0.05, 0.1) is 5.69 Å². The van der Waals surface area contributed by atoms with Gasteiger partial charge in [0, 0.05) is 11.3 Å². The molecule has 0 atom stereocenters. The molecule has 1 aromatic heterocycles. The minimum Gasteiger partial charge on any atom is -0.507 e. The Kier molecular flexibility index (Phi) is 3.37. The molecule has 118 valence electrons. The second kappa shape index (κ2) is 5.25. The van der Waals surface area contributed by atoms with E-state index in [2.05, 4.69) is 15.1 Å². The van der Waals surface area contributed by atoms with E-state index >= 15 is 0 Å². The highest BCUT2D eigenvalue weighted by Gasteiger charge is 2.21. The zero-order chi connectivity index (χ0) is 16.6. The summed E-state index contributed by atoms with van der Waals surface area (Å²) in [7, 11) is -4.03. The molecule has 0 aliphatic heterocycles. The Balaban J connectivity index is 2.00. The van der Waals surface area contributed by atoms with Crippen molar-refractivity contribution in [2.45, 2.75) is 4.90 Å². The SMILES string of the molecule is O=C(O)c1ccc(NS(=O)(=O)c2cccc3onnc23)cc1O. The zero-order valence-corrected chi connectivity index (χ0v) is 12.1. The van der Waals surface area contributed by atoms with E-state index in [9.17, 15) is 18.3 Å². The molecule has 0 amide bonds. The average Bonchev–Trinajstić information content (AvgIpc) is 2.94. The predicted molar refractivity (Wildman–Crippen MR) is 77.7 cm³/mol. The molecule has 0 aliphatic rings. The van der Waals surface area contributed by atoms with E-state index in [1.54, 1.807) is 0 Å². The fraction of sp³-hybridized carbons (Fsp3) is 0. The number of nitrogens with one attached hydrogen (secondary N) is 1. The monoisotopic (exact) mass is 335 g/mol. The van der Waals surface area contributed by atoms with Crippen molar-refractivity contribution in [2.75, 3.05) is 4.72 Å². The van der Waals surface area contributed by atoms with Crippen LogP contribution in [0.1, 0.15) is 10.4 Å². The summed E-state index contributed by atoms with van der Waals surface area (Å²) in [6.07, 6.45) is 0. The van der Waals surface area contributed by atoms with E-state index < -0.39 is 21.7 Å². The number of hydrogen-bond donors (Lipinski definition) is 3. The Morgan fingerprint density at radius 1 is 1.22 bits per heavy atom. The molecular weight excluding hydrogens is 326 g/mol. The predicted octanol–water partition coefficient (Wildman–Crippen LogP) is 1.43. The fourth-order valence-corrected chi connectivity index (χ4v) is 3.18. The molecule has 0 radical (unpaired) electrons. The van der Waals surface area contributed by atoms with E-state index in [-0.39, 0.29) is 27.2 Å². The van der Waals surface area contributed by atoms with Crippen LogP contribution in [-0.4, -0.2) is 35.0 Å². The van der Waals surface area contributed by atoms with E-state index in [1.807, 2.05) is 0 Å². The summed E-state index contributed by atoms with van der Waals surface area (Å²) >= 11 is 0. The van der Waals surface area contributed by atoms with Gasteiger partial charge in [-0.2, -0.15) is 0 Å². The average molecular weight is 335 g/mol. The fourth-order valence-electron chi connectivity index (χ4n) is 1.98. The number of aromatic hydroxyl groups is 1. The van der Waals surface area contributed by atoms with Crippen molar-refractivity contribution in [3.8, 4) is 5.75 Å². The number of sulfonamides is 1. The van der Waals surface area contributed by atoms with Gasteiger partial charge in [-0.25, -0.2) is 13.2 Å². The number of carboxylic acid groups (broad SMARTS) is 1. The topological polar surface area (TPSA) is 143 Å². The second-order valence-electron chi connectivity index (χ2n) is 4.52. The molecule has 1 heterocycles. The molecule has 23 heavy (non-hydrogen) atoms. The van der Waals surface area contributed by atoms with Gasteiger partial charge in [-0.1, -0.05) is 6.07 Å². The Labute approximate surface area is 129 Å². The van der Waals surface area contributed by atoms with Gasteiger partial charge in [-0.05, 0) is 24.3 Å². The number of fused-ring (bicyclic) bond motifs is 1. The first-order valence-electron chi connectivity index (χ1n) is 6.19. The Hall–Kier alpha value is -3.14. The van der Waals surface area contributed by atoms with Crippen molar-refractivity contribution in [3.05, 3.63) is 42.0 Å². The van der Waals surface area contributed by atoms with Gasteiger partial charge in [-0.3, -0.25) is 4.72 Å². The molecular formula is C13H9N3O6S.